The molecule has 2 heterocycles. The molecule has 4 rings (SSSR count). The molecule has 2 aliphatic rings. The molecule has 1 N–H and O–H groups in total. The van der Waals surface area contributed by atoms with Gasteiger partial charge in [0.1, 0.15) is 0 Å². The fourth-order valence-electron chi connectivity index (χ4n) is 3.76. The number of nitrogens with zero attached hydrogens (tertiary/aromatic N) is 2. The van der Waals surface area contributed by atoms with Gasteiger partial charge in [-0.1, -0.05) is 41.6 Å². The largest absolute Gasteiger partial charge is 0.325 e. The number of carbonyl (C=O) groups excluding carboxylic acids is 1. The highest BCUT2D eigenvalue weighted by Gasteiger charge is 2.47. The van der Waals surface area contributed by atoms with Gasteiger partial charge in [0, 0.05) is 16.4 Å². The smallest absolute Gasteiger partial charge is 0.234 e. The Balaban J connectivity index is 1.51. The van der Waals surface area contributed by atoms with Crippen molar-refractivity contribution >= 4 is 55.6 Å². The van der Waals surface area contributed by atoms with Gasteiger partial charge in [-0.2, -0.15) is 0 Å². The number of thioether (sulfide) groups is 1. The second-order valence-corrected chi connectivity index (χ2v) is 11.1. The Hall–Kier alpha value is -2.03. The summed E-state index contributed by atoms with van der Waals surface area (Å²) >= 11 is 7.47. The quantitative estimate of drug-likeness (QED) is 0.748. The molecular weight excluding hydrogens is 442 g/mol. The highest BCUT2D eigenvalue weighted by Crippen LogP contribution is 2.36. The summed E-state index contributed by atoms with van der Waals surface area (Å²) in [5, 5.41) is 4.17. The highest BCUT2D eigenvalue weighted by atomic mass is 35.5. The number of halogens is 1. The first-order valence-electron chi connectivity index (χ1n) is 9.55. The van der Waals surface area contributed by atoms with Crippen LogP contribution in [0.5, 0.6) is 0 Å². The molecule has 30 heavy (non-hydrogen) atoms. The van der Waals surface area contributed by atoms with Crippen LogP contribution >= 0.6 is 23.4 Å². The van der Waals surface area contributed by atoms with Crippen molar-refractivity contribution in [3.05, 3.63) is 58.6 Å². The number of hydrogen-bond donors (Lipinski definition) is 1. The molecule has 6 nitrogen and oxygen atoms in total. The van der Waals surface area contributed by atoms with Gasteiger partial charge in [0.05, 0.1) is 29.3 Å². The van der Waals surface area contributed by atoms with Crippen molar-refractivity contribution < 1.29 is 13.2 Å². The van der Waals surface area contributed by atoms with E-state index >= 15 is 0 Å². The maximum absolute atomic E-state index is 12.6. The number of amides is 1. The van der Waals surface area contributed by atoms with E-state index in [0.717, 1.165) is 22.5 Å². The van der Waals surface area contributed by atoms with E-state index in [1.807, 2.05) is 49.1 Å². The van der Waals surface area contributed by atoms with Gasteiger partial charge in [0.15, 0.2) is 15.0 Å². The van der Waals surface area contributed by atoms with Gasteiger partial charge in [0.25, 0.3) is 0 Å². The van der Waals surface area contributed by atoms with Crippen LogP contribution in [0.15, 0.2) is 47.5 Å². The topological polar surface area (TPSA) is 78.8 Å². The lowest BCUT2D eigenvalue weighted by Crippen LogP contribution is -2.39. The van der Waals surface area contributed by atoms with Crippen LogP contribution in [0.4, 0.5) is 11.4 Å². The van der Waals surface area contributed by atoms with Crippen LogP contribution in [0.25, 0.3) is 0 Å². The van der Waals surface area contributed by atoms with E-state index in [-0.39, 0.29) is 35.2 Å². The molecule has 2 atom stereocenters. The van der Waals surface area contributed by atoms with Crippen LogP contribution in [-0.2, 0) is 14.6 Å². The Kier molecular flexibility index (Phi) is 5.83. The van der Waals surface area contributed by atoms with Gasteiger partial charge in [-0.05, 0) is 49.2 Å². The van der Waals surface area contributed by atoms with Crippen molar-refractivity contribution in [1.29, 1.82) is 0 Å². The second-order valence-electron chi connectivity index (χ2n) is 7.56. The van der Waals surface area contributed by atoms with Crippen molar-refractivity contribution in [2.75, 3.05) is 27.5 Å². The third-order valence-electron chi connectivity index (χ3n) is 5.40. The summed E-state index contributed by atoms with van der Waals surface area (Å²) in [6.45, 7) is 3.98. The van der Waals surface area contributed by atoms with Crippen LogP contribution in [0.1, 0.15) is 11.1 Å². The number of hydrogen-bond acceptors (Lipinski definition) is 6. The number of aryl methyl sites for hydroxylation is 1. The molecule has 0 saturated carbocycles. The summed E-state index contributed by atoms with van der Waals surface area (Å²) in [6, 6.07) is 12.5. The van der Waals surface area contributed by atoms with Crippen LogP contribution in [-0.4, -0.2) is 48.8 Å². The van der Waals surface area contributed by atoms with E-state index in [0.29, 0.717) is 10.2 Å². The SMILES string of the molecule is Cc1cccc(NC(=O)CSC2=N[C@H]3CS(=O)(=O)C[C@H]3N2c2cccc(Cl)c2)c1C. The lowest BCUT2D eigenvalue weighted by atomic mass is 10.1. The zero-order chi connectivity index (χ0) is 21.5. The minimum absolute atomic E-state index is 0.0352. The standard InChI is InChI=1S/C21H22ClN3O3S2/c1-13-5-3-8-17(14(13)2)23-20(26)10-29-21-24-18-11-30(27,28)12-19(18)25(21)16-7-4-6-15(22)9-16/h3-9,18-19H,10-12H2,1-2H3,(H,23,26)/t18-,19+/m0/s1. The molecule has 9 heteroatoms. The van der Waals surface area contributed by atoms with Crippen molar-refractivity contribution in [2.24, 2.45) is 4.99 Å². The van der Waals surface area contributed by atoms with Gasteiger partial charge in [-0.15, -0.1) is 0 Å². The highest BCUT2D eigenvalue weighted by molar-refractivity contribution is 8.14. The van der Waals surface area contributed by atoms with Crippen molar-refractivity contribution in [3.8, 4) is 0 Å². The number of rotatable bonds is 4. The van der Waals surface area contributed by atoms with Gasteiger partial charge >= 0.3 is 0 Å². The number of amidine groups is 1. The van der Waals surface area contributed by atoms with Crippen molar-refractivity contribution in [2.45, 2.75) is 25.9 Å². The number of nitrogens with one attached hydrogen (secondary N) is 1. The number of carbonyl (C=O) groups is 1. The molecule has 2 aromatic rings. The van der Waals surface area contributed by atoms with Crippen LogP contribution in [0.3, 0.4) is 0 Å². The molecule has 1 saturated heterocycles. The number of fused-ring (bicyclic) bond motifs is 1. The van der Waals surface area contributed by atoms with Crippen LogP contribution in [0.2, 0.25) is 5.02 Å². The number of benzene rings is 2. The van der Waals surface area contributed by atoms with Crippen LogP contribution < -0.4 is 10.2 Å². The first-order valence-corrected chi connectivity index (χ1v) is 12.7. The Morgan fingerprint density at radius 3 is 2.77 bits per heavy atom. The number of sulfone groups is 1. The minimum atomic E-state index is -3.13. The molecule has 0 aromatic heterocycles. The van der Waals surface area contributed by atoms with E-state index in [2.05, 4.69) is 10.3 Å². The first-order chi connectivity index (χ1) is 14.2. The van der Waals surface area contributed by atoms with E-state index in [1.165, 1.54) is 11.8 Å². The van der Waals surface area contributed by atoms with Gasteiger partial charge in [-0.3, -0.25) is 9.79 Å². The summed E-state index contributed by atoms with van der Waals surface area (Å²) in [6.07, 6.45) is 0. The summed E-state index contributed by atoms with van der Waals surface area (Å²) in [5.41, 5.74) is 3.73. The fourth-order valence-corrected chi connectivity index (χ4v) is 6.72. The molecule has 2 aliphatic heterocycles. The zero-order valence-electron chi connectivity index (χ0n) is 16.6. The third kappa shape index (κ3) is 4.36. The van der Waals surface area contributed by atoms with Gasteiger partial charge in [-0.25, -0.2) is 8.42 Å². The Bertz CT molecular complexity index is 1130. The first kappa shape index (κ1) is 21.2. The molecule has 0 bridgehead atoms. The molecule has 1 fully saturated rings. The molecule has 0 aliphatic carbocycles. The summed E-state index contributed by atoms with van der Waals surface area (Å²) in [7, 11) is -3.13. The molecule has 2 aromatic carbocycles. The van der Waals surface area contributed by atoms with Crippen molar-refractivity contribution in [1.82, 2.24) is 0 Å². The van der Waals surface area contributed by atoms with E-state index in [4.69, 9.17) is 11.6 Å². The third-order valence-corrected chi connectivity index (χ3v) is 8.31. The van der Waals surface area contributed by atoms with E-state index < -0.39 is 9.84 Å². The number of anilines is 2. The van der Waals surface area contributed by atoms with E-state index in [1.54, 1.807) is 12.1 Å². The Morgan fingerprint density at radius 2 is 2.00 bits per heavy atom. The average molecular weight is 464 g/mol. The molecule has 158 valence electrons. The van der Waals surface area contributed by atoms with Crippen molar-refractivity contribution in [3.63, 3.8) is 0 Å². The second kappa shape index (κ2) is 8.24. The van der Waals surface area contributed by atoms with Gasteiger partial charge < -0.3 is 10.2 Å². The molecule has 0 radical (unpaired) electrons. The number of aliphatic imine (C=N–C) groups is 1. The van der Waals surface area contributed by atoms with Gasteiger partial charge in [0.2, 0.25) is 5.91 Å². The van der Waals surface area contributed by atoms with E-state index in [9.17, 15) is 13.2 Å². The fraction of sp³-hybridized carbons (Fsp3) is 0.333. The summed E-state index contributed by atoms with van der Waals surface area (Å²) in [5.74, 6) is 0.127. The molecule has 0 spiro atoms. The molecule has 0 unspecified atom stereocenters. The summed E-state index contributed by atoms with van der Waals surface area (Å²) in [4.78, 5) is 19.1. The predicted octanol–water partition coefficient (Wildman–Crippen LogP) is 3.67. The van der Waals surface area contributed by atoms with Crippen LogP contribution in [0, 0.1) is 13.8 Å². The molecule has 1 amide bonds. The predicted molar refractivity (Wildman–Crippen MR) is 125 cm³/mol. The lowest BCUT2D eigenvalue weighted by Gasteiger charge is -2.26. The Labute approximate surface area is 185 Å². The molecular formula is C21H22ClN3O3S2. The monoisotopic (exact) mass is 463 g/mol. The lowest BCUT2D eigenvalue weighted by molar-refractivity contribution is -0.113. The maximum atomic E-state index is 12.6. The maximum Gasteiger partial charge on any atom is 0.234 e. The normalized spacial score (nSPS) is 22.0. The zero-order valence-corrected chi connectivity index (χ0v) is 19.0. The Morgan fingerprint density at radius 1 is 1.23 bits per heavy atom. The minimum Gasteiger partial charge on any atom is -0.325 e. The average Bonchev–Trinajstić information content (AvgIpc) is 3.14. The summed E-state index contributed by atoms with van der Waals surface area (Å²) < 4.78 is 24.3.